The number of likely N-dealkylation sites (tertiary alicyclic amines) is 1. The van der Waals surface area contributed by atoms with Gasteiger partial charge in [-0.2, -0.15) is 0 Å². The largest absolute Gasteiger partial charge is 0.325 e. The van der Waals surface area contributed by atoms with E-state index >= 15 is 0 Å². The lowest BCUT2D eigenvalue weighted by molar-refractivity contribution is 0.114. The van der Waals surface area contributed by atoms with Gasteiger partial charge in [0.15, 0.2) is 0 Å². The maximum atomic E-state index is 6.32. The van der Waals surface area contributed by atoms with Gasteiger partial charge in [-0.05, 0) is 63.5 Å². The molecule has 1 rings (SSSR count). The van der Waals surface area contributed by atoms with Crippen molar-refractivity contribution in [3.8, 4) is 0 Å². The summed E-state index contributed by atoms with van der Waals surface area (Å²) in [7, 11) is 0. The van der Waals surface area contributed by atoms with E-state index in [4.69, 9.17) is 5.73 Å². The Morgan fingerprint density at radius 2 is 1.72 bits per heavy atom. The average Bonchev–Trinajstić information content (AvgIpc) is 2.40. The van der Waals surface area contributed by atoms with Crippen LogP contribution >= 0.6 is 0 Å². The predicted molar refractivity (Wildman–Crippen MR) is 80.7 cm³/mol. The van der Waals surface area contributed by atoms with E-state index in [2.05, 4.69) is 46.4 Å². The molecule has 1 atom stereocenters. The molecule has 0 aromatic heterocycles. The predicted octanol–water partition coefficient (Wildman–Crippen LogP) is 3.51. The van der Waals surface area contributed by atoms with E-state index in [-0.39, 0.29) is 11.0 Å². The van der Waals surface area contributed by atoms with Gasteiger partial charge < -0.3 is 10.6 Å². The molecule has 0 aromatic carbocycles. The van der Waals surface area contributed by atoms with Crippen molar-refractivity contribution in [3.63, 3.8) is 0 Å². The van der Waals surface area contributed by atoms with Crippen molar-refractivity contribution in [2.75, 3.05) is 19.6 Å². The van der Waals surface area contributed by atoms with Gasteiger partial charge in [0.25, 0.3) is 0 Å². The summed E-state index contributed by atoms with van der Waals surface area (Å²) >= 11 is 0. The van der Waals surface area contributed by atoms with Crippen LogP contribution in [-0.4, -0.2) is 30.1 Å². The molecule has 2 N–H and O–H groups in total. The highest BCUT2D eigenvalue weighted by atomic mass is 15.1. The number of rotatable bonds is 4. The first-order valence-electron chi connectivity index (χ1n) is 7.65. The summed E-state index contributed by atoms with van der Waals surface area (Å²) in [6, 6.07) is 0. The van der Waals surface area contributed by atoms with Crippen LogP contribution in [0.15, 0.2) is 0 Å². The van der Waals surface area contributed by atoms with E-state index in [1.807, 2.05) is 0 Å². The molecule has 2 heteroatoms. The summed E-state index contributed by atoms with van der Waals surface area (Å²) in [5, 5.41) is 0. The standard InChI is InChI=1S/C16H34N2/c1-13(2)14-8-7-10-18(11-9-14)12-15(3,4)16(5,6)17/h13-14H,7-12,17H2,1-6H3. The van der Waals surface area contributed by atoms with Crippen LogP contribution in [0.4, 0.5) is 0 Å². The lowest BCUT2D eigenvalue weighted by Crippen LogP contribution is -2.53. The maximum Gasteiger partial charge on any atom is 0.0161 e. The first-order valence-corrected chi connectivity index (χ1v) is 7.65. The highest BCUT2D eigenvalue weighted by Crippen LogP contribution is 2.31. The van der Waals surface area contributed by atoms with Crippen LogP contribution in [0, 0.1) is 17.3 Å². The molecule has 0 radical (unpaired) electrons. The minimum absolute atomic E-state index is 0.114. The fraction of sp³-hybridized carbons (Fsp3) is 1.00. The van der Waals surface area contributed by atoms with Crippen LogP contribution in [0.3, 0.4) is 0 Å². The molecule has 1 unspecified atom stereocenters. The Bertz CT molecular complexity index is 250. The summed E-state index contributed by atoms with van der Waals surface area (Å²) in [5.74, 6) is 1.76. The Kier molecular flexibility index (Phi) is 5.25. The fourth-order valence-corrected chi connectivity index (χ4v) is 2.77. The smallest absolute Gasteiger partial charge is 0.0161 e. The van der Waals surface area contributed by atoms with Crippen LogP contribution in [0.5, 0.6) is 0 Å². The van der Waals surface area contributed by atoms with Crippen molar-refractivity contribution >= 4 is 0 Å². The third kappa shape index (κ3) is 4.24. The molecule has 0 spiro atoms. The Balaban J connectivity index is 2.54. The van der Waals surface area contributed by atoms with Gasteiger partial charge >= 0.3 is 0 Å². The first-order chi connectivity index (χ1) is 8.13. The number of hydrogen-bond donors (Lipinski definition) is 1. The van der Waals surface area contributed by atoms with Crippen molar-refractivity contribution in [1.29, 1.82) is 0 Å². The Hall–Kier alpha value is -0.0800. The van der Waals surface area contributed by atoms with E-state index in [9.17, 15) is 0 Å². The Morgan fingerprint density at radius 1 is 1.11 bits per heavy atom. The lowest BCUT2D eigenvalue weighted by Gasteiger charge is -2.42. The molecule has 18 heavy (non-hydrogen) atoms. The monoisotopic (exact) mass is 254 g/mol. The van der Waals surface area contributed by atoms with Crippen LogP contribution < -0.4 is 5.73 Å². The highest BCUT2D eigenvalue weighted by molar-refractivity contribution is 4.92. The zero-order chi connectivity index (χ0) is 14.0. The Labute approximate surface area is 114 Å². The summed E-state index contributed by atoms with van der Waals surface area (Å²) in [6.07, 6.45) is 4.11. The van der Waals surface area contributed by atoms with Gasteiger partial charge in [0.1, 0.15) is 0 Å². The normalized spacial score (nSPS) is 24.3. The molecule has 108 valence electrons. The van der Waals surface area contributed by atoms with E-state index in [1.165, 1.54) is 32.4 Å². The zero-order valence-electron chi connectivity index (χ0n) is 13.4. The van der Waals surface area contributed by atoms with Gasteiger partial charge in [0.05, 0.1) is 0 Å². The lowest BCUT2D eigenvalue weighted by atomic mass is 9.75. The third-order valence-electron chi connectivity index (χ3n) is 5.17. The second kappa shape index (κ2) is 5.92. The molecule has 0 saturated carbocycles. The first kappa shape index (κ1) is 16.0. The average molecular weight is 254 g/mol. The van der Waals surface area contributed by atoms with E-state index < -0.39 is 0 Å². The highest BCUT2D eigenvalue weighted by Gasteiger charge is 2.35. The van der Waals surface area contributed by atoms with Gasteiger partial charge in [0, 0.05) is 12.1 Å². The van der Waals surface area contributed by atoms with Crippen LogP contribution in [0.25, 0.3) is 0 Å². The third-order valence-corrected chi connectivity index (χ3v) is 5.17. The van der Waals surface area contributed by atoms with Gasteiger partial charge in [-0.3, -0.25) is 0 Å². The van der Waals surface area contributed by atoms with Crippen LogP contribution in [0.2, 0.25) is 0 Å². The minimum atomic E-state index is -0.114. The van der Waals surface area contributed by atoms with E-state index in [1.54, 1.807) is 0 Å². The summed E-state index contributed by atoms with van der Waals surface area (Å²) in [4.78, 5) is 2.64. The quantitative estimate of drug-likeness (QED) is 0.832. The summed E-state index contributed by atoms with van der Waals surface area (Å²) in [5.41, 5.74) is 6.38. The molecule has 1 heterocycles. The molecule has 1 saturated heterocycles. The number of hydrogen-bond acceptors (Lipinski definition) is 2. The molecule has 1 aliphatic rings. The fourth-order valence-electron chi connectivity index (χ4n) is 2.77. The van der Waals surface area contributed by atoms with Crippen LogP contribution in [0.1, 0.15) is 60.8 Å². The summed E-state index contributed by atoms with van der Waals surface area (Å²) in [6.45, 7) is 17.3. The SMILES string of the molecule is CC(C)C1CCCN(CC(C)(C)C(C)(C)N)CC1. The molecule has 2 nitrogen and oxygen atoms in total. The zero-order valence-corrected chi connectivity index (χ0v) is 13.4. The van der Waals surface area contributed by atoms with Gasteiger partial charge in [0.2, 0.25) is 0 Å². The van der Waals surface area contributed by atoms with Crippen molar-refractivity contribution in [1.82, 2.24) is 4.90 Å². The molecule has 0 amide bonds. The second-order valence-electron chi connectivity index (χ2n) is 7.82. The van der Waals surface area contributed by atoms with Gasteiger partial charge in [-0.25, -0.2) is 0 Å². The second-order valence-corrected chi connectivity index (χ2v) is 7.82. The molecular weight excluding hydrogens is 220 g/mol. The molecule has 0 bridgehead atoms. The van der Waals surface area contributed by atoms with E-state index in [0.29, 0.717) is 0 Å². The maximum absolute atomic E-state index is 6.32. The molecule has 0 aromatic rings. The summed E-state index contributed by atoms with van der Waals surface area (Å²) < 4.78 is 0. The van der Waals surface area contributed by atoms with Crippen molar-refractivity contribution in [3.05, 3.63) is 0 Å². The Morgan fingerprint density at radius 3 is 2.22 bits per heavy atom. The van der Waals surface area contributed by atoms with Gasteiger partial charge in [-0.1, -0.05) is 27.7 Å². The molecule has 1 aliphatic heterocycles. The van der Waals surface area contributed by atoms with Gasteiger partial charge in [-0.15, -0.1) is 0 Å². The van der Waals surface area contributed by atoms with Crippen LogP contribution in [-0.2, 0) is 0 Å². The number of nitrogens with zero attached hydrogens (tertiary/aromatic N) is 1. The molecule has 1 fully saturated rings. The minimum Gasteiger partial charge on any atom is -0.325 e. The van der Waals surface area contributed by atoms with E-state index in [0.717, 1.165) is 18.4 Å². The number of nitrogens with two attached hydrogens (primary N) is 1. The van der Waals surface area contributed by atoms with Crippen molar-refractivity contribution in [2.24, 2.45) is 23.0 Å². The van der Waals surface area contributed by atoms with Crippen molar-refractivity contribution < 1.29 is 0 Å². The molecule has 0 aliphatic carbocycles. The van der Waals surface area contributed by atoms with Crippen molar-refractivity contribution in [2.45, 2.75) is 66.3 Å². The molecular formula is C16H34N2. The topological polar surface area (TPSA) is 29.3 Å².